The van der Waals surface area contributed by atoms with Crippen LogP contribution < -0.4 is 10.6 Å². The number of rotatable bonds is 1. The molecule has 1 aromatic carbocycles. The highest BCUT2D eigenvalue weighted by molar-refractivity contribution is 6.04. The highest BCUT2D eigenvalue weighted by Gasteiger charge is 2.30. The summed E-state index contributed by atoms with van der Waals surface area (Å²) in [5.74, 6) is 4.91. The lowest BCUT2D eigenvalue weighted by molar-refractivity contribution is -0.120. The molecule has 86 valence electrons. The van der Waals surface area contributed by atoms with E-state index in [1.165, 1.54) is 0 Å². The van der Waals surface area contributed by atoms with E-state index in [0.717, 1.165) is 5.56 Å². The van der Waals surface area contributed by atoms with E-state index < -0.39 is 12.1 Å². The zero-order valence-electron chi connectivity index (χ0n) is 8.86. The van der Waals surface area contributed by atoms with Crippen LogP contribution in [0, 0.1) is 11.8 Å². The minimum absolute atomic E-state index is 0.192. The van der Waals surface area contributed by atoms with Gasteiger partial charge in [-0.1, -0.05) is 24.0 Å². The van der Waals surface area contributed by atoms with E-state index in [9.17, 15) is 9.59 Å². The van der Waals surface area contributed by atoms with Gasteiger partial charge in [0.2, 0.25) is 0 Å². The second-order valence-electron chi connectivity index (χ2n) is 3.48. The Balaban J connectivity index is 2.18. The molecule has 1 aliphatic rings. The van der Waals surface area contributed by atoms with Crippen molar-refractivity contribution in [2.45, 2.75) is 6.04 Å². The number of benzene rings is 1. The molecule has 1 fully saturated rings. The smallest absolute Gasteiger partial charge is 0.322 e. The fraction of sp³-hybridized carbons (Fsp3) is 0.167. The van der Waals surface area contributed by atoms with E-state index in [1.54, 1.807) is 24.3 Å². The Bertz CT molecular complexity index is 511. The van der Waals surface area contributed by atoms with Crippen LogP contribution in [-0.2, 0) is 4.79 Å². The van der Waals surface area contributed by atoms with Gasteiger partial charge < -0.3 is 10.4 Å². The first-order valence-electron chi connectivity index (χ1n) is 5.02. The molecule has 0 aromatic heterocycles. The van der Waals surface area contributed by atoms with Gasteiger partial charge in [-0.05, 0) is 17.7 Å². The Morgan fingerprint density at radius 1 is 1.24 bits per heavy atom. The van der Waals surface area contributed by atoms with Gasteiger partial charge >= 0.3 is 6.03 Å². The molecule has 5 heteroatoms. The number of carbonyl (C=O) groups excluding carboxylic acids is 2. The molecule has 3 amide bonds. The van der Waals surface area contributed by atoms with Crippen molar-refractivity contribution >= 4 is 11.9 Å². The van der Waals surface area contributed by atoms with Crippen molar-refractivity contribution in [3.63, 3.8) is 0 Å². The van der Waals surface area contributed by atoms with Gasteiger partial charge in [-0.15, -0.1) is 0 Å². The lowest BCUT2D eigenvalue weighted by atomic mass is 10.1. The monoisotopic (exact) mass is 230 g/mol. The van der Waals surface area contributed by atoms with Gasteiger partial charge in [0.25, 0.3) is 5.91 Å². The third-order valence-electron chi connectivity index (χ3n) is 2.33. The second-order valence-corrected chi connectivity index (χ2v) is 3.48. The molecule has 3 N–H and O–H groups in total. The van der Waals surface area contributed by atoms with Crippen molar-refractivity contribution in [2.75, 3.05) is 6.61 Å². The molecule has 0 aliphatic carbocycles. The lowest BCUT2D eigenvalue weighted by Crippen LogP contribution is -2.22. The molecule has 1 unspecified atom stereocenters. The van der Waals surface area contributed by atoms with Gasteiger partial charge in [0, 0.05) is 5.56 Å². The van der Waals surface area contributed by atoms with Crippen molar-refractivity contribution in [1.29, 1.82) is 0 Å². The highest BCUT2D eigenvalue weighted by Crippen LogP contribution is 2.16. The number of urea groups is 1. The van der Waals surface area contributed by atoms with Crippen molar-refractivity contribution in [2.24, 2.45) is 0 Å². The molecule has 1 aliphatic heterocycles. The average molecular weight is 230 g/mol. The summed E-state index contributed by atoms with van der Waals surface area (Å²) in [5.41, 5.74) is 1.44. The van der Waals surface area contributed by atoms with Gasteiger partial charge in [0.05, 0.1) is 0 Å². The summed E-state index contributed by atoms with van der Waals surface area (Å²) >= 11 is 0. The predicted molar refractivity (Wildman–Crippen MR) is 59.8 cm³/mol. The van der Waals surface area contributed by atoms with Crippen LogP contribution in [0.25, 0.3) is 0 Å². The van der Waals surface area contributed by atoms with Crippen LogP contribution in [0.1, 0.15) is 17.2 Å². The van der Waals surface area contributed by atoms with E-state index in [0.29, 0.717) is 5.56 Å². The first kappa shape index (κ1) is 11.2. The van der Waals surface area contributed by atoms with Crippen LogP contribution in [0.2, 0.25) is 0 Å². The van der Waals surface area contributed by atoms with Gasteiger partial charge in [0.1, 0.15) is 12.6 Å². The summed E-state index contributed by atoms with van der Waals surface area (Å²) in [4.78, 5) is 22.3. The average Bonchev–Trinajstić information content (AvgIpc) is 2.66. The van der Waals surface area contributed by atoms with Crippen LogP contribution in [0.3, 0.4) is 0 Å². The van der Waals surface area contributed by atoms with Crippen LogP contribution >= 0.6 is 0 Å². The van der Waals surface area contributed by atoms with Crippen molar-refractivity contribution in [3.05, 3.63) is 35.4 Å². The molecule has 1 saturated heterocycles. The number of carbonyl (C=O) groups is 2. The minimum Gasteiger partial charge on any atom is -0.384 e. The molecule has 1 atom stereocenters. The summed E-state index contributed by atoms with van der Waals surface area (Å²) in [6, 6.07) is 5.78. The van der Waals surface area contributed by atoms with E-state index in [2.05, 4.69) is 22.5 Å². The fourth-order valence-corrected chi connectivity index (χ4v) is 1.55. The molecule has 0 saturated carbocycles. The molecule has 0 spiro atoms. The largest absolute Gasteiger partial charge is 0.384 e. The number of imide groups is 1. The Morgan fingerprint density at radius 2 is 1.94 bits per heavy atom. The Labute approximate surface area is 97.8 Å². The van der Waals surface area contributed by atoms with Crippen LogP contribution in [0.4, 0.5) is 4.79 Å². The molecular formula is C12H10N2O3. The Morgan fingerprint density at radius 3 is 2.47 bits per heavy atom. The number of hydrogen-bond acceptors (Lipinski definition) is 3. The minimum atomic E-state index is -0.637. The number of hydrogen-bond donors (Lipinski definition) is 3. The third-order valence-corrected chi connectivity index (χ3v) is 2.33. The molecule has 5 nitrogen and oxygen atoms in total. The van der Waals surface area contributed by atoms with Gasteiger partial charge in [-0.3, -0.25) is 10.1 Å². The molecule has 2 rings (SSSR count). The number of amides is 3. The van der Waals surface area contributed by atoms with E-state index in [1.807, 2.05) is 0 Å². The zero-order valence-corrected chi connectivity index (χ0v) is 8.86. The summed E-state index contributed by atoms with van der Waals surface area (Å²) < 4.78 is 0. The van der Waals surface area contributed by atoms with Gasteiger partial charge in [-0.2, -0.15) is 0 Å². The van der Waals surface area contributed by atoms with Gasteiger partial charge in [-0.25, -0.2) is 4.79 Å². The Hall–Kier alpha value is -2.32. The maximum atomic E-state index is 11.4. The normalized spacial score (nSPS) is 18.1. The van der Waals surface area contributed by atoms with Gasteiger partial charge in [0.15, 0.2) is 0 Å². The van der Waals surface area contributed by atoms with Crippen molar-refractivity contribution in [3.8, 4) is 11.8 Å². The molecule has 1 aromatic rings. The molecule has 17 heavy (non-hydrogen) atoms. The van der Waals surface area contributed by atoms with E-state index in [4.69, 9.17) is 5.11 Å². The fourth-order valence-electron chi connectivity index (χ4n) is 1.55. The maximum Gasteiger partial charge on any atom is 0.322 e. The number of nitrogens with one attached hydrogen (secondary N) is 2. The standard InChI is InChI=1S/C12H10N2O3/c15-7-1-2-8-3-5-9(6-4-8)10-11(16)14-12(17)13-10/h3-6,10,15H,7H2,(H2,13,14,16,17). The van der Waals surface area contributed by atoms with Crippen LogP contribution in [0.15, 0.2) is 24.3 Å². The topological polar surface area (TPSA) is 78.4 Å². The number of aliphatic hydroxyl groups excluding tert-OH is 1. The van der Waals surface area contributed by atoms with Crippen molar-refractivity contribution in [1.82, 2.24) is 10.6 Å². The first-order chi connectivity index (χ1) is 8.20. The Kier molecular flexibility index (Phi) is 3.08. The molecule has 1 heterocycles. The van der Waals surface area contributed by atoms with Crippen molar-refractivity contribution < 1.29 is 14.7 Å². The quantitative estimate of drug-likeness (QED) is 0.466. The van der Waals surface area contributed by atoms with Crippen LogP contribution in [0.5, 0.6) is 0 Å². The molecule has 0 radical (unpaired) electrons. The summed E-state index contributed by atoms with van der Waals surface area (Å²) in [5, 5.41) is 13.2. The predicted octanol–water partition coefficient (Wildman–Crippen LogP) is -0.0891. The first-order valence-corrected chi connectivity index (χ1v) is 5.02. The van der Waals surface area contributed by atoms with Crippen LogP contribution in [-0.4, -0.2) is 23.7 Å². The summed E-state index contributed by atoms with van der Waals surface area (Å²) in [7, 11) is 0. The summed E-state index contributed by atoms with van der Waals surface area (Å²) in [6.45, 7) is -0.192. The molecule has 0 bridgehead atoms. The van der Waals surface area contributed by atoms with E-state index >= 15 is 0 Å². The highest BCUT2D eigenvalue weighted by atomic mass is 16.2. The van der Waals surface area contributed by atoms with E-state index in [-0.39, 0.29) is 12.5 Å². The second kappa shape index (κ2) is 4.68. The lowest BCUT2D eigenvalue weighted by Gasteiger charge is -2.06. The summed E-state index contributed by atoms with van der Waals surface area (Å²) in [6.07, 6.45) is 0. The third kappa shape index (κ3) is 2.44. The maximum absolute atomic E-state index is 11.4. The SMILES string of the molecule is O=C1NC(=O)C(c2ccc(C#CCO)cc2)N1. The number of aliphatic hydroxyl groups is 1. The molecular weight excluding hydrogens is 220 g/mol. The zero-order chi connectivity index (χ0) is 12.3.